The largest absolute Gasteiger partial charge is 0.436 e. The quantitative estimate of drug-likeness (QED) is 0.363. The van der Waals surface area contributed by atoms with E-state index >= 15 is 0 Å². The second kappa shape index (κ2) is 14.0. The van der Waals surface area contributed by atoms with E-state index in [1.165, 1.54) is 32.1 Å². The number of fused-ring (bicyclic) bond motifs is 2. The number of ether oxygens (including phenoxy) is 1. The van der Waals surface area contributed by atoms with Crippen molar-refractivity contribution in [2.45, 2.75) is 82.9 Å². The number of aromatic amines is 2. The lowest BCUT2D eigenvalue weighted by Gasteiger charge is -2.41. The van der Waals surface area contributed by atoms with E-state index in [1.54, 1.807) is 4.90 Å². The van der Waals surface area contributed by atoms with E-state index in [2.05, 4.69) is 20.2 Å². The zero-order chi connectivity index (χ0) is 33.2. The number of anilines is 1. The number of aromatic nitrogens is 2. The van der Waals surface area contributed by atoms with Gasteiger partial charge < -0.3 is 34.7 Å². The lowest BCUT2D eigenvalue weighted by Crippen LogP contribution is -2.55. The number of hydrogen-bond acceptors (Lipinski definition) is 6. The highest BCUT2D eigenvalue weighted by Crippen LogP contribution is 2.27. The number of piperazine rings is 1. The van der Waals surface area contributed by atoms with Gasteiger partial charge in [-0.3, -0.25) is 9.69 Å². The molecule has 48 heavy (non-hydrogen) atoms. The molecule has 1 saturated carbocycles. The number of hydrogen-bond donors (Lipinski definition) is 3. The minimum absolute atomic E-state index is 0.0134. The molecule has 12 heteroatoms. The van der Waals surface area contributed by atoms with Gasteiger partial charge in [0.15, 0.2) is 6.10 Å². The van der Waals surface area contributed by atoms with Crippen molar-refractivity contribution in [2.75, 3.05) is 51.1 Å². The smallest absolute Gasteiger partial charge is 0.410 e. The van der Waals surface area contributed by atoms with Crippen LogP contribution in [-0.2, 0) is 22.4 Å². The number of nitrogens with zero attached hydrogens (tertiary/aromatic N) is 4. The molecule has 1 atom stereocenters. The first-order valence-electron chi connectivity index (χ1n) is 17.7. The first kappa shape index (κ1) is 32.2. The zero-order valence-electron chi connectivity index (χ0n) is 27.8. The van der Waals surface area contributed by atoms with Crippen LogP contribution in [0, 0.1) is 6.92 Å². The van der Waals surface area contributed by atoms with Crippen LogP contribution in [0.2, 0.25) is 0 Å². The van der Waals surface area contributed by atoms with E-state index < -0.39 is 12.2 Å². The Balaban J connectivity index is 1.01. The highest BCUT2D eigenvalue weighted by molar-refractivity contribution is 5.91. The number of likely N-dealkylation sites (tertiary alicyclic amines) is 1. The number of aryl methyl sites for hydroxylation is 1. The number of para-hydroxylation sites is 1. The number of carbonyl (C=O) groups is 3. The SMILES string of the molecule is Cc1cc(C[C@@H](OC(=O)N2CCC(N3CCc4ccccc4NC3=O)CC2)C(=O)N2CCN(C3CCCCC3)CC2)cc2[nH]c(=O)[nH]c12. The van der Waals surface area contributed by atoms with Gasteiger partial charge in [0.05, 0.1) is 11.0 Å². The lowest BCUT2D eigenvalue weighted by molar-refractivity contribution is -0.143. The van der Waals surface area contributed by atoms with Crippen LogP contribution < -0.4 is 11.0 Å². The summed E-state index contributed by atoms with van der Waals surface area (Å²) in [5.74, 6) is -0.178. The Labute approximate surface area is 280 Å². The summed E-state index contributed by atoms with van der Waals surface area (Å²) in [5, 5.41) is 3.05. The molecule has 0 radical (unpaired) electrons. The van der Waals surface area contributed by atoms with Crippen LogP contribution in [0.15, 0.2) is 41.2 Å². The minimum Gasteiger partial charge on any atom is -0.436 e. The molecule has 1 aliphatic carbocycles. The molecular weight excluding hydrogens is 610 g/mol. The fourth-order valence-electron chi connectivity index (χ4n) is 8.16. The van der Waals surface area contributed by atoms with Gasteiger partial charge in [-0.05, 0) is 67.9 Å². The van der Waals surface area contributed by atoms with Crippen LogP contribution in [0.3, 0.4) is 0 Å². The molecule has 3 N–H and O–H groups in total. The molecule has 2 aromatic carbocycles. The minimum atomic E-state index is -0.992. The Hall–Kier alpha value is -4.32. The highest BCUT2D eigenvalue weighted by Gasteiger charge is 2.36. The van der Waals surface area contributed by atoms with Crippen LogP contribution in [0.25, 0.3) is 11.0 Å². The van der Waals surface area contributed by atoms with Gasteiger partial charge in [-0.1, -0.05) is 43.5 Å². The molecule has 0 spiro atoms. The van der Waals surface area contributed by atoms with Gasteiger partial charge in [-0.25, -0.2) is 14.4 Å². The summed E-state index contributed by atoms with van der Waals surface area (Å²) in [7, 11) is 0. The van der Waals surface area contributed by atoms with Gasteiger partial charge >= 0.3 is 17.8 Å². The summed E-state index contributed by atoms with van der Waals surface area (Å²) in [4.78, 5) is 66.4. The maximum atomic E-state index is 14.1. The van der Waals surface area contributed by atoms with Crippen molar-refractivity contribution in [1.82, 2.24) is 29.6 Å². The maximum absolute atomic E-state index is 14.1. The topological polar surface area (TPSA) is 134 Å². The molecule has 4 aliphatic rings. The normalized spacial score (nSPS) is 20.7. The van der Waals surface area contributed by atoms with Crippen molar-refractivity contribution in [3.63, 3.8) is 0 Å². The number of nitrogens with one attached hydrogen (secondary N) is 3. The Morgan fingerprint density at radius 2 is 1.60 bits per heavy atom. The first-order valence-corrected chi connectivity index (χ1v) is 17.7. The number of carbonyl (C=O) groups excluding carboxylic acids is 3. The standard InChI is InChI=1S/C36H47N7O5/c1-24-21-25(22-30-32(24)39-34(45)37-30)23-31(33(44)41-19-17-40(18-20-41)27-8-3-2-4-9-27)48-36(47)42-14-12-28(13-15-42)43-16-11-26-7-5-6-10-29(26)38-35(43)46/h5-7,10,21-22,27-28,31H,2-4,8-9,11-20,23H2,1H3,(H,38,46)(H2,37,39,45)/t31-/m1/s1. The van der Waals surface area contributed by atoms with E-state index in [9.17, 15) is 19.2 Å². The highest BCUT2D eigenvalue weighted by atomic mass is 16.6. The van der Waals surface area contributed by atoms with Crippen LogP contribution in [0.4, 0.5) is 15.3 Å². The number of urea groups is 1. The van der Waals surface area contributed by atoms with E-state index in [4.69, 9.17) is 4.74 Å². The number of rotatable bonds is 6. The van der Waals surface area contributed by atoms with Crippen molar-refractivity contribution >= 4 is 34.8 Å². The number of imidazole rings is 1. The molecule has 256 valence electrons. The van der Waals surface area contributed by atoms with Crippen LogP contribution in [-0.4, -0.2) is 112 Å². The number of H-pyrrole nitrogens is 2. The molecular formula is C36H47N7O5. The van der Waals surface area contributed by atoms with Gasteiger partial charge in [-0.15, -0.1) is 0 Å². The monoisotopic (exact) mass is 657 g/mol. The third-order valence-electron chi connectivity index (χ3n) is 10.8. The summed E-state index contributed by atoms with van der Waals surface area (Å²) in [6.07, 6.45) is 7.07. The van der Waals surface area contributed by atoms with Crippen molar-refractivity contribution < 1.29 is 19.1 Å². The molecule has 3 aliphatic heterocycles. The summed E-state index contributed by atoms with van der Waals surface area (Å²) in [5.41, 5.74) is 4.78. The molecule has 0 unspecified atom stereocenters. The van der Waals surface area contributed by atoms with Gasteiger partial charge in [-0.2, -0.15) is 0 Å². The fraction of sp³-hybridized carbons (Fsp3) is 0.556. The van der Waals surface area contributed by atoms with Gasteiger partial charge in [0, 0.05) is 70.0 Å². The van der Waals surface area contributed by atoms with Gasteiger partial charge in [0.25, 0.3) is 5.91 Å². The molecule has 4 heterocycles. The van der Waals surface area contributed by atoms with Crippen molar-refractivity contribution in [3.8, 4) is 0 Å². The Bertz CT molecular complexity index is 1700. The third-order valence-corrected chi connectivity index (χ3v) is 10.8. The molecule has 7 rings (SSSR count). The van der Waals surface area contributed by atoms with E-state index in [1.807, 2.05) is 53.1 Å². The van der Waals surface area contributed by atoms with Crippen molar-refractivity contribution in [2.24, 2.45) is 0 Å². The maximum Gasteiger partial charge on any atom is 0.410 e. The molecule has 3 aromatic rings. The Kier molecular flexibility index (Phi) is 9.43. The molecule has 1 aromatic heterocycles. The third kappa shape index (κ3) is 6.94. The van der Waals surface area contributed by atoms with E-state index in [0.717, 1.165) is 47.4 Å². The van der Waals surface area contributed by atoms with E-state index in [0.29, 0.717) is 57.1 Å². The number of benzene rings is 2. The van der Waals surface area contributed by atoms with Crippen LogP contribution in [0.5, 0.6) is 0 Å². The Morgan fingerprint density at radius 3 is 2.38 bits per heavy atom. The van der Waals surface area contributed by atoms with E-state index in [-0.39, 0.29) is 30.1 Å². The fourth-order valence-corrected chi connectivity index (χ4v) is 8.16. The van der Waals surface area contributed by atoms with Gasteiger partial charge in [0.1, 0.15) is 0 Å². The first-order chi connectivity index (χ1) is 23.3. The Morgan fingerprint density at radius 1 is 0.854 bits per heavy atom. The predicted octanol–water partition coefficient (Wildman–Crippen LogP) is 4.24. The number of piperidine rings is 1. The summed E-state index contributed by atoms with van der Waals surface area (Å²) in [6.45, 7) is 6.30. The van der Waals surface area contributed by atoms with Crippen LogP contribution in [0.1, 0.15) is 61.6 Å². The van der Waals surface area contributed by atoms with Crippen molar-refractivity contribution in [1.29, 1.82) is 0 Å². The summed E-state index contributed by atoms with van der Waals surface area (Å²) in [6, 6.07) is 12.2. The molecule has 2 saturated heterocycles. The predicted molar refractivity (Wildman–Crippen MR) is 183 cm³/mol. The molecule has 0 bridgehead atoms. The molecule has 3 fully saturated rings. The second-order valence-corrected chi connectivity index (χ2v) is 13.9. The summed E-state index contributed by atoms with van der Waals surface area (Å²) < 4.78 is 6.08. The summed E-state index contributed by atoms with van der Waals surface area (Å²) >= 11 is 0. The second-order valence-electron chi connectivity index (χ2n) is 13.9. The van der Waals surface area contributed by atoms with Gasteiger partial charge in [0.2, 0.25) is 0 Å². The average molecular weight is 658 g/mol. The lowest BCUT2D eigenvalue weighted by atomic mass is 9.94. The molecule has 4 amide bonds. The van der Waals surface area contributed by atoms with Crippen LogP contribution >= 0.6 is 0 Å². The average Bonchev–Trinajstić information content (AvgIpc) is 3.40. The molecule has 12 nitrogen and oxygen atoms in total. The number of amides is 4. The zero-order valence-corrected chi connectivity index (χ0v) is 27.8. The van der Waals surface area contributed by atoms with Crippen molar-refractivity contribution in [3.05, 3.63) is 63.6 Å².